The highest BCUT2D eigenvalue weighted by atomic mass is 16.4. The third-order valence-electron chi connectivity index (χ3n) is 5.19. The maximum absolute atomic E-state index is 12.9. The van der Waals surface area contributed by atoms with Gasteiger partial charge in [-0.2, -0.15) is 0 Å². The van der Waals surface area contributed by atoms with Crippen LogP contribution >= 0.6 is 0 Å². The molecule has 0 aliphatic carbocycles. The second-order valence-electron chi connectivity index (χ2n) is 7.92. The van der Waals surface area contributed by atoms with Gasteiger partial charge in [0.25, 0.3) is 0 Å². The van der Waals surface area contributed by atoms with Crippen LogP contribution in [0.1, 0.15) is 52.0 Å². The first-order valence-corrected chi connectivity index (χ1v) is 8.81. The first kappa shape index (κ1) is 18.5. The minimum atomic E-state index is -0.811. The Labute approximate surface area is 144 Å². The zero-order valence-corrected chi connectivity index (χ0v) is 15.0. The van der Waals surface area contributed by atoms with Gasteiger partial charge in [-0.1, -0.05) is 44.2 Å². The number of aliphatic carboxylic acids is 1. The summed E-state index contributed by atoms with van der Waals surface area (Å²) in [7, 11) is 0. The van der Waals surface area contributed by atoms with Crippen LogP contribution in [0.2, 0.25) is 0 Å². The van der Waals surface area contributed by atoms with Crippen molar-refractivity contribution in [2.24, 2.45) is 10.8 Å². The van der Waals surface area contributed by atoms with Crippen molar-refractivity contribution in [2.45, 2.75) is 52.9 Å². The van der Waals surface area contributed by atoms with Gasteiger partial charge in [0.1, 0.15) is 0 Å². The largest absolute Gasteiger partial charge is 0.481 e. The SMILES string of the molecule is CC(C)(CCCc1ccccc1)C(=O)N1CCCC(C)(C(=O)O)C1. The van der Waals surface area contributed by atoms with Gasteiger partial charge in [0.05, 0.1) is 5.41 Å². The molecule has 132 valence electrons. The van der Waals surface area contributed by atoms with Gasteiger partial charge in [-0.15, -0.1) is 0 Å². The van der Waals surface area contributed by atoms with Crippen LogP contribution in [-0.4, -0.2) is 35.0 Å². The lowest BCUT2D eigenvalue weighted by Gasteiger charge is -2.41. The van der Waals surface area contributed by atoms with Crippen LogP contribution in [0.3, 0.4) is 0 Å². The number of hydrogen-bond donors (Lipinski definition) is 1. The molecule has 1 heterocycles. The first-order chi connectivity index (χ1) is 11.2. The maximum atomic E-state index is 12.9. The number of hydrogen-bond acceptors (Lipinski definition) is 2. The van der Waals surface area contributed by atoms with Gasteiger partial charge in [-0.25, -0.2) is 0 Å². The second-order valence-corrected chi connectivity index (χ2v) is 7.92. The van der Waals surface area contributed by atoms with E-state index in [9.17, 15) is 14.7 Å². The number of carboxylic acid groups (broad SMARTS) is 1. The predicted octanol–water partition coefficient (Wildman–Crippen LogP) is 3.75. The van der Waals surface area contributed by atoms with Crippen molar-refractivity contribution < 1.29 is 14.7 Å². The van der Waals surface area contributed by atoms with Crippen LogP contribution in [0.25, 0.3) is 0 Å². The monoisotopic (exact) mass is 331 g/mol. The molecule has 0 spiro atoms. The molecule has 24 heavy (non-hydrogen) atoms. The molecule has 1 unspecified atom stereocenters. The average Bonchev–Trinajstić information content (AvgIpc) is 2.55. The summed E-state index contributed by atoms with van der Waals surface area (Å²) in [6, 6.07) is 10.3. The molecule has 4 nitrogen and oxygen atoms in total. The van der Waals surface area contributed by atoms with Crippen molar-refractivity contribution in [2.75, 3.05) is 13.1 Å². The van der Waals surface area contributed by atoms with E-state index in [0.29, 0.717) is 19.5 Å². The van der Waals surface area contributed by atoms with Crippen LogP contribution in [0.4, 0.5) is 0 Å². The van der Waals surface area contributed by atoms with E-state index in [-0.39, 0.29) is 5.91 Å². The van der Waals surface area contributed by atoms with E-state index in [1.807, 2.05) is 32.0 Å². The van der Waals surface area contributed by atoms with Gasteiger partial charge in [-0.3, -0.25) is 9.59 Å². The van der Waals surface area contributed by atoms with Gasteiger partial charge in [0.2, 0.25) is 5.91 Å². The van der Waals surface area contributed by atoms with E-state index < -0.39 is 16.8 Å². The molecule has 1 aliphatic rings. The van der Waals surface area contributed by atoms with Crippen LogP contribution in [-0.2, 0) is 16.0 Å². The number of carboxylic acids is 1. The number of benzene rings is 1. The summed E-state index contributed by atoms with van der Waals surface area (Å²) in [6.07, 6.45) is 4.12. The molecular formula is C20H29NO3. The number of carbonyl (C=O) groups excluding carboxylic acids is 1. The Kier molecular flexibility index (Phi) is 5.68. The molecule has 0 bridgehead atoms. The summed E-state index contributed by atoms with van der Waals surface area (Å²) in [5, 5.41) is 9.43. The van der Waals surface area contributed by atoms with Crippen LogP contribution in [0, 0.1) is 10.8 Å². The lowest BCUT2D eigenvalue weighted by Crippen LogP contribution is -2.51. The van der Waals surface area contributed by atoms with Crippen molar-refractivity contribution in [1.82, 2.24) is 4.90 Å². The fourth-order valence-corrected chi connectivity index (χ4v) is 3.50. The number of aryl methyl sites for hydroxylation is 1. The summed E-state index contributed by atoms with van der Waals surface area (Å²) in [5.41, 5.74) is 0.0247. The van der Waals surface area contributed by atoms with E-state index >= 15 is 0 Å². The van der Waals surface area contributed by atoms with Crippen molar-refractivity contribution in [3.8, 4) is 0 Å². The first-order valence-electron chi connectivity index (χ1n) is 8.81. The van der Waals surface area contributed by atoms with Gasteiger partial charge in [-0.05, 0) is 44.6 Å². The highest BCUT2D eigenvalue weighted by molar-refractivity contribution is 5.83. The molecular weight excluding hydrogens is 302 g/mol. The molecule has 0 radical (unpaired) electrons. The van der Waals surface area contributed by atoms with E-state index in [0.717, 1.165) is 25.7 Å². The van der Waals surface area contributed by atoms with Crippen molar-refractivity contribution in [1.29, 1.82) is 0 Å². The Bertz CT molecular complexity index is 582. The highest BCUT2D eigenvalue weighted by Crippen LogP contribution is 2.34. The zero-order valence-electron chi connectivity index (χ0n) is 15.0. The molecule has 1 amide bonds. The van der Waals surface area contributed by atoms with Crippen LogP contribution < -0.4 is 0 Å². The highest BCUT2D eigenvalue weighted by Gasteiger charge is 2.42. The molecule has 1 saturated heterocycles. The van der Waals surface area contributed by atoms with Crippen molar-refractivity contribution in [3.63, 3.8) is 0 Å². The maximum Gasteiger partial charge on any atom is 0.311 e. The number of piperidine rings is 1. The molecule has 1 atom stereocenters. The Morgan fingerprint density at radius 2 is 1.92 bits per heavy atom. The molecule has 2 rings (SSSR count). The van der Waals surface area contributed by atoms with Crippen molar-refractivity contribution in [3.05, 3.63) is 35.9 Å². The Morgan fingerprint density at radius 1 is 1.25 bits per heavy atom. The summed E-state index contributed by atoms with van der Waals surface area (Å²) in [4.78, 5) is 26.2. The number of carbonyl (C=O) groups is 2. The normalized spacial score (nSPS) is 21.5. The van der Waals surface area contributed by atoms with E-state index in [4.69, 9.17) is 0 Å². The van der Waals surface area contributed by atoms with Gasteiger partial charge in [0.15, 0.2) is 0 Å². The molecule has 0 aromatic heterocycles. The number of rotatable bonds is 6. The number of nitrogens with zero attached hydrogens (tertiary/aromatic N) is 1. The van der Waals surface area contributed by atoms with Gasteiger partial charge >= 0.3 is 5.97 Å². The molecule has 1 aromatic carbocycles. The molecule has 1 aliphatic heterocycles. The smallest absolute Gasteiger partial charge is 0.311 e. The second kappa shape index (κ2) is 7.37. The Hall–Kier alpha value is -1.84. The summed E-state index contributed by atoms with van der Waals surface area (Å²) in [5.74, 6) is -0.718. The minimum absolute atomic E-state index is 0.0859. The molecule has 1 fully saturated rings. The Morgan fingerprint density at radius 3 is 2.54 bits per heavy atom. The van der Waals surface area contributed by atoms with E-state index in [2.05, 4.69) is 12.1 Å². The van der Waals surface area contributed by atoms with E-state index in [1.165, 1.54) is 5.56 Å². The number of likely N-dealkylation sites (tertiary alicyclic amines) is 1. The minimum Gasteiger partial charge on any atom is -0.481 e. The standard InChI is InChI=1S/C20H29NO3/c1-19(2,12-7-11-16-9-5-4-6-10-16)17(22)21-14-8-13-20(3,15-21)18(23)24/h4-6,9-10H,7-8,11-15H2,1-3H3,(H,23,24). The lowest BCUT2D eigenvalue weighted by molar-refractivity contribution is -0.156. The van der Waals surface area contributed by atoms with Crippen molar-refractivity contribution >= 4 is 11.9 Å². The molecule has 1 N–H and O–H groups in total. The number of amides is 1. The summed E-state index contributed by atoms with van der Waals surface area (Å²) < 4.78 is 0. The van der Waals surface area contributed by atoms with Crippen LogP contribution in [0.5, 0.6) is 0 Å². The molecule has 1 aromatic rings. The molecule has 0 saturated carbocycles. The molecule has 4 heteroatoms. The Balaban J connectivity index is 1.93. The van der Waals surface area contributed by atoms with E-state index in [1.54, 1.807) is 11.8 Å². The zero-order chi connectivity index (χ0) is 17.8. The van der Waals surface area contributed by atoms with Crippen LogP contribution in [0.15, 0.2) is 30.3 Å². The quantitative estimate of drug-likeness (QED) is 0.863. The topological polar surface area (TPSA) is 57.6 Å². The fourth-order valence-electron chi connectivity index (χ4n) is 3.50. The third kappa shape index (κ3) is 4.37. The predicted molar refractivity (Wildman–Crippen MR) is 94.7 cm³/mol. The van der Waals surface area contributed by atoms with Gasteiger partial charge < -0.3 is 10.0 Å². The third-order valence-corrected chi connectivity index (χ3v) is 5.19. The fraction of sp³-hybridized carbons (Fsp3) is 0.600. The summed E-state index contributed by atoms with van der Waals surface area (Å²) in [6.45, 7) is 6.70. The van der Waals surface area contributed by atoms with Gasteiger partial charge in [0, 0.05) is 18.5 Å². The lowest BCUT2D eigenvalue weighted by atomic mass is 9.79. The summed E-state index contributed by atoms with van der Waals surface area (Å²) >= 11 is 0. The average molecular weight is 331 g/mol.